The summed E-state index contributed by atoms with van der Waals surface area (Å²) in [7, 11) is 2.10. The summed E-state index contributed by atoms with van der Waals surface area (Å²) in [5, 5.41) is 2.98. The minimum Gasteiger partial charge on any atom is -0.308 e. The van der Waals surface area contributed by atoms with E-state index in [1.165, 1.54) is 0 Å². The number of nitrogens with zero attached hydrogens (tertiary/aromatic N) is 3. The zero-order valence-electron chi connectivity index (χ0n) is 11.9. The Labute approximate surface area is 117 Å². The molecule has 3 N–H and O–H groups in total. The fourth-order valence-electron chi connectivity index (χ4n) is 1.78. The van der Waals surface area contributed by atoms with Crippen molar-refractivity contribution in [1.29, 1.82) is 0 Å². The van der Waals surface area contributed by atoms with Crippen LogP contribution in [0.15, 0.2) is 11.4 Å². The molecule has 0 amide bonds. The summed E-state index contributed by atoms with van der Waals surface area (Å²) < 4.78 is 0. The quantitative estimate of drug-likeness (QED) is 0.650. The Morgan fingerprint density at radius 3 is 2.79 bits per heavy atom. The molecule has 0 radical (unpaired) electrons. The first kappa shape index (κ1) is 14.2. The van der Waals surface area contributed by atoms with Gasteiger partial charge in [-0.15, -0.1) is 11.3 Å². The summed E-state index contributed by atoms with van der Waals surface area (Å²) in [6.45, 7) is 7.34. The molecule has 0 aliphatic carbocycles. The summed E-state index contributed by atoms with van der Waals surface area (Å²) >= 11 is 1.61. The molecule has 0 aromatic carbocycles. The van der Waals surface area contributed by atoms with Crippen LogP contribution in [0, 0.1) is 0 Å². The van der Waals surface area contributed by atoms with Crippen LogP contribution in [-0.2, 0) is 6.54 Å². The largest absolute Gasteiger partial charge is 0.308 e. The van der Waals surface area contributed by atoms with Crippen molar-refractivity contribution >= 4 is 27.4 Å². The van der Waals surface area contributed by atoms with E-state index < -0.39 is 0 Å². The van der Waals surface area contributed by atoms with Crippen LogP contribution in [0.5, 0.6) is 0 Å². The molecule has 0 atom stereocenters. The SMILES string of the molecule is CCC(C)(C)N(C)Cc1nc(NN)c2ccsc2n1. The van der Waals surface area contributed by atoms with Crippen molar-refractivity contribution in [3.05, 3.63) is 17.3 Å². The minimum atomic E-state index is 0.129. The average molecular weight is 279 g/mol. The van der Waals surface area contributed by atoms with Gasteiger partial charge in [0.1, 0.15) is 10.7 Å². The molecule has 5 nitrogen and oxygen atoms in total. The first-order valence-corrected chi connectivity index (χ1v) is 7.28. The van der Waals surface area contributed by atoms with E-state index in [4.69, 9.17) is 5.84 Å². The molecule has 6 heteroatoms. The van der Waals surface area contributed by atoms with Crippen molar-refractivity contribution in [3.63, 3.8) is 0 Å². The molecule has 104 valence electrons. The van der Waals surface area contributed by atoms with Crippen LogP contribution in [0.1, 0.15) is 33.0 Å². The number of nitrogens with one attached hydrogen (secondary N) is 1. The molecule has 0 saturated carbocycles. The summed E-state index contributed by atoms with van der Waals surface area (Å²) in [4.78, 5) is 12.3. The smallest absolute Gasteiger partial charge is 0.152 e. The van der Waals surface area contributed by atoms with Gasteiger partial charge >= 0.3 is 0 Å². The van der Waals surface area contributed by atoms with Gasteiger partial charge in [-0.2, -0.15) is 0 Å². The van der Waals surface area contributed by atoms with Crippen LogP contribution in [-0.4, -0.2) is 27.5 Å². The Hall–Kier alpha value is -1.24. The molecular weight excluding hydrogens is 258 g/mol. The van der Waals surface area contributed by atoms with E-state index in [1.807, 2.05) is 11.4 Å². The molecule has 0 fully saturated rings. The molecule has 0 unspecified atom stereocenters. The van der Waals surface area contributed by atoms with Crippen molar-refractivity contribution < 1.29 is 0 Å². The number of fused-ring (bicyclic) bond motifs is 1. The number of hydrazine groups is 1. The summed E-state index contributed by atoms with van der Waals surface area (Å²) in [5.74, 6) is 7.03. The Morgan fingerprint density at radius 2 is 2.16 bits per heavy atom. The number of nitrogens with two attached hydrogens (primary N) is 1. The molecule has 0 aliphatic rings. The Morgan fingerprint density at radius 1 is 1.42 bits per heavy atom. The van der Waals surface area contributed by atoms with Crippen LogP contribution in [0.3, 0.4) is 0 Å². The molecule has 0 bridgehead atoms. The first-order chi connectivity index (χ1) is 8.97. The molecule has 0 spiro atoms. The normalized spacial score (nSPS) is 12.3. The van der Waals surface area contributed by atoms with E-state index in [9.17, 15) is 0 Å². The lowest BCUT2D eigenvalue weighted by Crippen LogP contribution is -2.40. The van der Waals surface area contributed by atoms with E-state index in [0.717, 1.165) is 22.5 Å². The van der Waals surface area contributed by atoms with Gasteiger partial charge in [0, 0.05) is 5.54 Å². The number of anilines is 1. The van der Waals surface area contributed by atoms with Gasteiger partial charge in [-0.25, -0.2) is 15.8 Å². The maximum Gasteiger partial charge on any atom is 0.152 e. The van der Waals surface area contributed by atoms with E-state index in [1.54, 1.807) is 11.3 Å². The van der Waals surface area contributed by atoms with Crippen molar-refractivity contribution in [2.45, 2.75) is 39.3 Å². The summed E-state index contributed by atoms with van der Waals surface area (Å²) in [6, 6.07) is 1.98. The zero-order chi connectivity index (χ0) is 14.0. The maximum absolute atomic E-state index is 5.54. The molecule has 2 heterocycles. The number of nitrogen functional groups attached to an aromatic ring is 1. The fourth-order valence-corrected chi connectivity index (χ4v) is 2.56. The van der Waals surface area contributed by atoms with Gasteiger partial charge in [-0.3, -0.25) is 4.90 Å². The van der Waals surface area contributed by atoms with Crippen LogP contribution in [0.25, 0.3) is 10.2 Å². The van der Waals surface area contributed by atoms with Gasteiger partial charge in [0.2, 0.25) is 0 Å². The molecule has 2 rings (SSSR count). The van der Waals surface area contributed by atoms with Gasteiger partial charge in [-0.1, -0.05) is 6.92 Å². The summed E-state index contributed by atoms with van der Waals surface area (Å²) in [5.41, 5.74) is 2.79. The van der Waals surface area contributed by atoms with Crippen molar-refractivity contribution in [2.75, 3.05) is 12.5 Å². The predicted octanol–water partition coefficient (Wildman–Crippen LogP) is 2.60. The first-order valence-electron chi connectivity index (χ1n) is 6.40. The van der Waals surface area contributed by atoms with Gasteiger partial charge < -0.3 is 5.43 Å². The molecular formula is C13H21N5S. The second-order valence-electron chi connectivity index (χ2n) is 5.29. The number of thiophene rings is 1. The Balaban J connectivity index is 2.30. The van der Waals surface area contributed by atoms with Crippen molar-refractivity contribution in [3.8, 4) is 0 Å². The minimum absolute atomic E-state index is 0.129. The molecule has 19 heavy (non-hydrogen) atoms. The highest BCUT2D eigenvalue weighted by atomic mass is 32.1. The molecule has 0 saturated heterocycles. The topological polar surface area (TPSA) is 67.1 Å². The van der Waals surface area contributed by atoms with E-state index in [2.05, 4.69) is 48.1 Å². The monoisotopic (exact) mass is 279 g/mol. The van der Waals surface area contributed by atoms with Gasteiger partial charge in [-0.05, 0) is 38.8 Å². The second kappa shape index (κ2) is 5.40. The summed E-state index contributed by atoms with van der Waals surface area (Å²) in [6.07, 6.45) is 1.08. The molecule has 2 aromatic rings. The van der Waals surface area contributed by atoms with Crippen molar-refractivity contribution in [1.82, 2.24) is 14.9 Å². The predicted molar refractivity (Wildman–Crippen MR) is 81.1 cm³/mol. The molecule has 2 aromatic heterocycles. The lowest BCUT2D eigenvalue weighted by atomic mass is 10.0. The van der Waals surface area contributed by atoms with Gasteiger partial charge in [0.15, 0.2) is 5.82 Å². The number of aromatic nitrogens is 2. The van der Waals surface area contributed by atoms with E-state index in [-0.39, 0.29) is 5.54 Å². The maximum atomic E-state index is 5.54. The standard InChI is InChI=1S/C13H21N5S/c1-5-13(2,3)18(4)8-10-15-11(17-14)9-6-7-19-12(9)16-10/h6-7H,5,8,14H2,1-4H3,(H,15,16,17). The van der Waals surface area contributed by atoms with E-state index >= 15 is 0 Å². The number of rotatable bonds is 5. The van der Waals surface area contributed by atoms with Crippen LogP contribution < -0.4 is 11.3 Å². The lowest BCUT2D eigenvalue weighted by Gasteiger charge is -2.34. The number of hydrogen-bond acceptors (Lipinski definition) is 6. The Kier molecular flexibility index (Phi) is 4.03. The van der Waals surface area contributed by atoms with Gasteiger partial charge in [0.05, 0.1) is 11.9 Å². The van der Waals surface area contributed by atoms with Crippen LogP contribution in [0.4, 0.5) is 5.82 Å². The van der Waals surface area contributed by atoms with Crippen LogP contribution in [0.2, 0.25) is 0 Å². The average Bonchev–Trinajstić information content (AvgIpc) is 2.85. The van der Waals surface area contributed by atoms with Gasteiger partial charge in [0.25, 0.3) is 0 Å². The highest BCUT2D eigenvalue weighted by Gasteiger charge is 2.22. The van der Waals surface area contributed by atoms with Crippen molar-refractivity contribution in [2.24, 2.45) is 5.84 Å². The lowest BCUT2D eigenvalue weighted by molar-refractivity contribution is 0.139. The third-order valence-electron chi connectivity index (χ3n) is 3.79. The zero-order valence-corrected chi connectivity index (χ0v) is 12.7. The third-order valence-corrected chi connectivity index (χ3v) is 4.59. The Bertz CT molecular complexity index is 563. The van der Waals surface area contributed by atoms with E-state index in [0.29, 0.717) is 12.4 Å². The fraction of sp³-hybridized carbons (Fsp3) is 0.538. The second-order valence-corrected chi connectivity index (χ2v) is 6.19. The highest BCUT2D eigenvalue weighted by molar-refractivity contribution is 7.16. The highest BCUT2D eigenvalue weighted by Crippen LogP contribution is 2.25. The number of hydrogen-bond donors (Lipinski definition) is 2. The van der Waals surface area contributed by atoms with Crippen LogP contribution >= 0.6 is 11.3 Å². The molecule has 0 aliphatic heterocycles. The third kappa shape index (κ3) is 2.86.